The van der Waals surface area contributed by atoms with E-state index in [4.69, 9.17) is 9.16 Å². The molecule has 0 saturated carbocycles. The van der Waals surface area contributed by atoms with Crippen LogP contribution >= 0.6 is 0 Å². The summed E-state index contributed by atoms with van der Waals surface area (Å²) in [5, 5.41) is -0.00905. The molecule has 0 N–H and O–H groups in total. The van der Waals surface area contributed by atoms with Gasteiger partial charge in [-0.1, -0.05) is 20.8 Å². The van der Waals surface area contributed by atoms with E-state index in [1.54, 1.807) is 26.8 Å². The fraction of sp³-hybridized carbons (Fsp3) is 0.750. The lowest BCUT2D eigenvalue weighted by atomic mass is 10.1. The molecule has 0 aromatic carbocycles. The lowest BCUT2D eigenvalue weighted by Gasteiger charge is -2.38. The molecule has 0 saturated heterocycles. The van der Waals surface area contributed by atoms with Gasteiger partial charge in [0.25, 0.3) is 0 Å². The van der Waals surface area contributed by atoms with Crippen LogP contribution in [-0.2, 0) is 28.3 Å². The Morgan fingerprint density at radius 2 is 1.59 bits per heavy atom. The van der Waals surface area contributed by atoms with Crippen molar-refractivity contribution in [2.45, 2.75) is 90.6 Å². The molecule has 27 heavy (non-hydrogen) atoms. The summed E-state index contributed by atoms with van der Waals surface area (Å²) in [5.41, 5.74) is -0.616. The number of rotatable bonds is 9. The van der Waals surface area contributed by atoms with Gasteiger partial charge in [-0.3, -0.25) is 9.59 Å². The van der Waals surface area contributed by atoms with Crippen molar-refractivity contribution in [1.29, 1.82) is 0 Å². The summed E-state index contributed by atoms with van der Waals surface area (Å²) >= 11 is 0. The number of methoxy groups -OCH3 is 1. The largest absolute Gasteiger partial charge is 0.466 e. The van der Waals surface area contributed by atoms with Crippen molar-refractivity contribution in [1.82, 2.24) is 0 Å². The average Bonchev–Trinajstić information content (AvgIpc) is 2.46. The summed E-state index contributed by atoms with van der Waals surface area (Å²) in [6.07, 6.45) is 2.85. The monoisotopic (exact) mass is 400 g/mol. The van der Waals surface area contributed by atoms with Crippen LogP contribution in [-0.4, -0.2) is 44.9 Å². The Hall–Kier alpha value is -1.47. The van der Waals surface area contributed by atoms with Crippen LogP contribution in [0.2, 0.25) is 18.1 Å². The fourth-order valence-electron chi connectivity index (χ4n) is 1.93. The molecule has 0 aliphatic carbocycles. The van der Waals surface area contributed by atoms with Gasteiger partial charge in [-0.25, -0.2) is 4.79 Å². The van der Waals surface area contributed by atoms with E-state index in [9.17, 15) is 14.4 Å². The number of Topliss-reactive ketones (excluding diaryl/α,β-unsaturated/α-hetero) is 1. The number of ether oxygens (including phenoxy) is 2. The highest BCUT2D eigenvalue weighted by molar-refractivity contribution is 6.74. The summed E-state index contributed by atoms with van der Waals surface area (Å²) in [6.45, 7) is 15.8. The molecule has 0 fully saturated rings. The highest BCUT2D eigenvalue weighted by Gasteiger charge is 2.38. The van der Waals surface area contributed by atoms with E-state index in [0.29, 0.717) is 6.42 Å². The lowest BCUT2D eigenvalue weighted by Crippen LogP contribution is -2.43. The Kier molecular flexibility index (Phi) is 9.62. The lowest BCUT2D eigenvalue weighted by molar-refractivity contribution is -0.156. The summed E-state index contributed by atoms with van der Waals surface area (Å²) in [4.78, 5) is 35.3. The van der Waals surface area contributed by atoms with Gasteiger partial charge in [0.15, 0.2) is 8.32 Å². The SMILES string of the molecule is COC(=O)/C=C/C(CCC(=O)CC(=O)OC(C)(C)C)O[Si](C)(C)C(C)(C)C. The maximum atomic E-state index is 12.1. The number of carbonyl (C=O) groups excluding carboxylic acids is 3. The second-order valence-electron chi connectivity index (χ2n) is 9.14. The van der Waals surface area contributed by atoms with Crippen molar-refractivity contribution in [2.24, 2.45) is 0 Å². The number of hydrogen-bond acceptors (Lipinski definition) is 6. The van der Waals surface area contributed by atoms with E-state index in [1.165, 1.54) is 13.2 Å². The molecule has 0 aliphatic rings. The van der Waals surface area contributed by atoms with Gasteiger partial charge in [0.05, 0.1) is 13.2 Å². The number of esters is 2. The average molecular weight is 401 g/mol. The van der Waals surface area contributed by atoms with Crippen LogP contribution in [0.15, 0.2) is 12.2 Å². The van der Waals surface area contributed by atoms with Crippen molar-refractivity contribution >= 4 is 26.0 Å². The first-order valence-corrected chi connectivity index (χ1v) is 12.2. The minimum atomic E-state index is -2.09. The topological polar surface area (TPSA) is 78.9 Å². The molecule has 0 spiro atoms. The minimum Gasteiger partial charge on any atom is -0.466 e. The predicted molar refractivity (Wildman–Crippen MR) is 108 cm³/mol. The highest BCUT2D eigenvalue weighted by Crippen LogP contribution is 2.37. The van der Waals surface area contributed by atoms with Gasteiger partial charge in [-0.15, -0.1) is 0 Å². The zero-order chi connectivity index (χ0) is 21.5. The van der Waals surface area contributed by atoms with E-state index in [1.807, 2.05) is 0 Å². The van der Waals surface area contributed by atoms with E-state index >= 15 is 0 Å². The molecule has 1 unspecified atom stereocenters. The third kappa shape index (κ3) is 11.1. The van der Waals surface area contributed by atoms with Gasteiger partial charge in [0.2, 0.25) is 0 Å². The third-order valence-electron chi connectivity index (χ3n) is 4.37. The Morgan fingerprint density at radius 1 is 1.04 bits per heavy atom. The Balaban J connectivity index is 4.95. The second-order valence-corrected chi connectivity index (χ2v) is 13.9. The molecule has 0 amide bonds. The third-order valence-corrected chi connectivity index (χ3v) is 8.87. The molecule has 0 bridgehead atoms. The van der Waals surface area contributed by atoms with Crippen LogP contribution in [0.3, 0.4) is 0 Å². The molecule has 0 rings (SSSR count). The zero-order valence-corrected chi connectivity index (χ0v) is 19.3. The molecule has 0 heterocycles. The van der Waals surface area contributed by atoms with E-state index in [0.717, 1.165) is 0 Å². The quantitative estimate of drug-likeness (QED) is 0.250. The van der Waals surface area contributed by atoms with Crippen molar-refractivity contribution in [2.75, 3.05) is 7.11 Å². The van der Waals surface area contributed by atoms with E-state index in [-0.39, 0.29) is 23.7 Å². The summed E-state index contributed by atoms with van der Waals surface area (Å²) < 4.78 is 16.1. The van der Waals surface area contributed by atoms with Crippen LogP contribution in [0.25, 0.3) is 0 Å². The van der Waals surface area contributed by atoms with Gasteiger partial charge in [0.1, 0.15) is 17.8 Å². The molecule has 1 atom stereocenters. The second kappa shape index (κ2) is 10.2. The molecule has 0 aromatic rings. The Labute approximate surface area is 164 Å². The normalized spacial score (nSPS) is 14.1. The van der Waals surface area contributed by atoms with Crippen LogP contribution < -0.4 is 0 Å². The fourth-order valence-corrected chi connectivity index (χ4v) is 3.24. The first kappa shape index (κ1) is 25.5. The first-order valence-electron chi connectivity index (χ1n) is 9.25. The molecular formula is C20H36O6Si. The van der Waals surface area contributed by atoms with Crippen molar-refractivity contribution < 1.29 is 28.3 Å². The molecule has 0 aromatic heterocycles. The van der Waals surface area contributed by atoms with Crippen LogP contribution in [0, 0.1) is 0 Å². The van der Waals surface area contributed by atoms with E-state index in [2.05, 4.69) is 38.6 Å². The van der Waals surface area contributed by atoms with Crippen LogP contribution in [0.4, 0.5) is 0 Å². The zero-order valence-electron chi connectivity index (χ0n) is 18.3. The summed E-state index contributed by atoms with van der Waals surface area (Å²) in [7, 11) is -0.786. The Bertz CT molecular complexity index is 552. The molecular weight excluding hydrogens is 364 g/mol. The van der Waals surface area contributed by atoms with E-state index < -0.39 is 32.0 Å². The molecule has 0 radical (unpaired) electrons. The smallest absolute Gasteiger partial charge is 0.330 e. The molecule has 156 valence electrons. The van der Waals surface area contributed by atoms with Gasteiger partial charge in [-0.05, 0) is 51.4 Å². The van der Waals surface area contributed by atoms with Gasteiger partial charge < -0.3 is 13.9 Å². The van der Waals surface area contributed by atoms with Crippen molar-refractivity contribution in [3.05, 3.63) is 12.2 Å². The molecule has 6 nitrogen and oxygen atoms in total. The predicted octanol–water partition coefficient (Wildman–Crippen LogP) is 4.19. The number of hydrogen-bond donors (Lipinski definition) is 0. The maximum Gasteiger partial charge on any atom is 0.330 e. The van der Waals surface area contributed by atoms with Crippen LogP contribution in [0.5, 0.6) is 0 Å². The molecule has 7 heteroatoms. The molecule has 0 aliphatic heterocycles. The Morgan fingerprint density at radius 3 is 2.04 bits per heavy atom. The van der Waals surface area contributed by atoms with Crippen molar-refractivity contribution in [3.8, 4) is 0 Å². The van der Waals surface area contributed by atoms with Crippen molar-refractivity contribution in [3.63, 3.8) is 0 Å². The standard InChI is InChI=1S/C20H36O6Si/c1-19(2,3)25-18(23)14-15(21)10-11-16(12-13-17(22)24-7)26-27(8,9)20(4,5)6/h12-13,16H,10-11,14H2,1-9H3/b13-12+. The van der Waals surface area contributed by atoms with Crippen LogP contribution in [0.1, 0.15) is 60.8 Å². The highest BCUT2D eigenvalue weighted by atomic mass is 28.4. The van der Waals surface area contributed by atoms with Gasteiger partial charge >= 0.3 is 11.9 Å². The maximum absolute atomic E-state index is 12.1. The number of carbonyl (C=O) groups is 3. The minimum absolute atomic E-state index is 0.00905. The summed E-state index contributed by atoms with van der Waals surface area (Å²) in [5.74, 6) is -1.21. The van der Waals surface area contributed by atoms with Gasteiger partial charge in [0, 0.05) is 12.5 Å². The van der Waals surface area contributed by atoms with Gasteiger partial charge in [-0.2, -0.15) is 0 Å². The first-order chi connectivity index (χ1) is 12.1. The number of ketones is 1. The summed E-state index contributed by atoms with van der Waals surface area (Å²) in [6, 6.07) is 0.